The highest BCUT2D eigenvalue weighted by molar-refractivity contribution is 6.33. The lowest BCUT2D eigenvalue weighted by Crippen LogP contribution is -2.29. The molecule has 0 aliphatic carbocycles. The van der Waals surface area contributed by atoms with Crippen molar-refractivity contribution < 1.29 is 19.6 Å². The lowest BCUT2D eigenvalue weighted by molar-refractivity contribution is -0.384. The second kappa shape index (κ2) is 5.87. The van der Waals surface area contributed by atoms with Gasteiger partial charge in [-0.1, -0.05) is 11.6 Å². The number of nitrogens with one attached hydrogen (secondary N) is 1. The summed E-state index contributed by atoms with van der Waals surface area (Å²) < 4.78 is 0. The molecule has 108 valence electrons. The van der Waals surface area contributed by atoms with E-state index in [1.807, 2.05) is 0 Å². The first-order valence-electron chi connectivity index (χ1n) is 5.60. The third kappa shape index (κ3) is 3.92. The average molecular weight is 301 g/mol. The summed E-state index contributed by atoms with van der Waals surface area (Å²) >= 11 is 5.83. The van der Waals surface area contributed by atoms with E-state index in [1.165, 1.54) is 26.0 Å². The summed E-state index contributed by atoms with van der Waals surface area (Å²) in [6.45, 7) is 2.81. The maximum absolute atomic E-state index is 11.8. The van der Waals surface area contributed by atoms with Crippen LogP contribution in [0.1, 0.15) is 20.3 Å². The molecule has 1 rings (SSSR count). The van der Waals surface area contributed by atoms with Crippen molar-refractivity contribution in [3.63, 3.8) is 0 Å². The Morgan fingerprint density at radius 1 is 1.45 bits per heavy atom. The number of hydrogen-bond donors (Lipinski definition) is 2. The Balaban J connectivity index is 2.88. The Bertz CT molecular complexity index is 571. The van der Waals surface area contributed by atoms with Gasteiger partial charge in [-0.05, 0) is 19.9 Å². The van der Waals surface area contributed by atoms with E-state index in [1.54, 1.807) is 0 Å². The quantitative estimate of drug-likeness (QED) is 0.641. The molecule has 0 radical (unpaired) electrons. The smallest absolute Gasteiger partial charge is 0.309 e. The number of benzene rings is 1. The van der Waals surface area contributed by atoms with Gasteiger partial charge in [0.15, 0.2) is 0 Å². The number of anilines is 1. The van der Waals surface area contributed by atoms with Gasteiger partial charge in [-0.3, -0.25) is 19.7 Å². The molecule has 7 nitrogen and oxygen atoms in total. The van der Waals surface area contributed by atoms with Gasteiger partial charge in [0.05, 0.1) is 21.0 Å². The fourth-order valence-corrected chi connectivity index (χ4v) is 1.56. The van der Waals surface area contributed by atoms with Crippen LogP contribution < -0.4 is 5.32 Å². The van der Waals surface area contributed by atoms with Crippen molar-refractivity contribution in [2.75, 3.05) is 5.32 Å². The predicted octanol–water partition coefficient (Wildman–Crippen LogP) is 2.69. The van der Waals surface area contributed by atoms with Gasteiger partial charge in [0.2, 0.25) is 5.91 Å². The molecule has 0 atom stereocenters. The minimum Gasteiger partial charge on any atom is -0.481 e. The standard InChI is InChI=1S/C12H13ClN2O5/c1-12(2,11(17)18)6-10(16)14-9-5-7(15(19)20)3-4-8(9)13/h3-5H,6H2,1-2H3,(H,14,16)(H,17,18). The molecule has 0 aliphatic heterocycles. The largest absolute Gasteiger partial charge is 0.481 e. The van der Waals surface area contributed by atoms with Crippen molar-refractivity contribution in [2.45, 2.75) is 20.3 Å². The normalized spacial score (nSPS) is 10.9. The summed E-state index contributed by atoms with van der Waals surface area (Å²) in [7, 11) is 0. The van der Waals surface area contributed by atoms with Crippen molar-refractivity contribution in [3.05, 3.63) is 33.3 Å². The Morgan fingerprint density at radius 2 is 2.05 bits per heavy atom. The fraction of sp³-hybridized carbons (Fsp3) is 0.333. The lowest BCUT2D eigenvalue weighted by Gasteiger charge is -2.18. The number of amides is 1. The van der Waals surface area contributed by atoms with Gasteiger partial charge < -0.3 is 10.4 Å². The van der Waals surface area contributed by atoms with E-state index in [2.05, 4.69) is 5.32 Å². The molecule has 0 heterocycles. The fourth-order valence-electron chi connectivity index (χ4n) is 1.39. The van der Waals surface area contributed by atoms with Gasteiger partial charge in [-0.15, -0.1) is 0 Å². The molecular weight excluding hydrogens is 288 g/mol. The van der Waals surface area contributed by atoms with Crippen molar-refractivity contribution in [1.29, 1.82) is 0 Å². The number of nitrogens with zero attached hydrogens (tertiary/aromatic N) is 1. The number of non-ortho nitro benzene ring substituents is 1. The van der Waals surface area contributed by atoms with E-state index >= 15 is 0 Å². The highest BCUT2D eigenvalue weighted by atomic mass is 35.5. The molecule has 0 spiro atoms. The van der Waals surface area contributed by atoms with E-state index in [0.717, 1.165) is 6.07 Å². The number of nitro groups is 1. The van der Waals surface area contributed by atoms with Gasteiger partial charge in [-0.25, -0.2) is 0 Å². The number of rotatable bonds is 5. The monoisotopic (exact) mass is 300 g/mol. The Hall–Kier alpha value is -2.15. The third-order valence-corrected chi connectivity index (χ3v) is 2.95. The number of halogens is 1. The van der Waals surface area contributed by atoms with E-state index in [-0.39, 0.29) is 22.8 Å². The summed E-state index contributed by atoms with van der Waals surface area (Å²) in [4.78, 5) is 32.7. The zero-order valence-corrected chi connectivity index (χ0v) is 11.6. The molecule has 0 aliphatic rings. The lowest BCUT2D eigenvalue weighted by atomic mass is 9.89. The molecule has 20 heavy (non-hydrogen) atoms. The van der Waals surface area contributed by atoms with Crippen LogP contribution in [0, 0.1) is 15.5 Å². The van der Waals surface area contributed by atoms with Crippen LogP contribution in [0.15, 0.2) is 18.2 Å². The SMILES string of the molecule is CC(C)(CC(=O)Nc1cc([N+](=O)[O-])ccc1Cl)C(=O)O. The Morgan fingerprint density at radius 3 is 2.55 bits per heavy atom. The zero-order valence-electron chi connectivity index (χ0n) is 10.8. The van der Waals surface area contributed by atoms with Crippen LogP contribution in [0.3, 0.4) is 0 Å². The number of carboxylic acid groups (broad SMARTS) is 1. The second-order valence-electron chi connectivity index (χ2n) is 4.84. The van der Waals surface area contributed by atoms with Crippen molar-refractivity contribution >= 4 is 34.9 Å². The number of carbonyl (C=O) groups excluding carboxylic acids is 1. The molecular formula is C12H13ClN2O5. The number of nitro benzene ring substituents is 1. The summed E-state index contributed by atoms with van der Waals surface area (Å²) in [5.74, 6) is -1.70. The van der Waals surface area contributed by atoms with Crippen LogP contribution in [-0.4, -0.2) is 21.9 Å². The van der Waals surface area contributed by atoms with Crippen LogP contribution in [0.25, 0.3) is 0 Å². The van der Waals surface area contributed by atoms with E-state index < -0.39 is 22.2 Å². The molecule has 0 bridgehead atoms. The van der Waals surface area contributed by atoms with Crippen LogP contribution in [-0.2, 0) is 9.59 Å². The highest BCUT2D eigenvalue weighted by Crippen LogP contribution is 2.28. The summed E-state index contributed by atoms with van der Waals surface area (Å²) in [5, 5.41) is 22.1. The van der Waals surface area contributed by atoms with Gasteiger partial charge in [-0.2, -0.15) is 0 Å². The second-order valence-corrected chi connectivity index (χ2v) is 5.24. The van der Waals surface area contributed by atoms with Crippen LogP contribution in [0.5, 0.6) is 0 Å². The maximum atomic E-state index is 11.8. The van der Waals surface area contributed by atoms with Gasteiger partial charge >= 0.3 is 5.97 Å². The topological polar surface area (TPSA) is 110 Å². The third-order valence-electron chi connectivity index (χ3n) is 2.62. The molecule has 0 saturated heterocycles. The van der Waals surface area contributed by atoms with E-state index in [0.29, 0.717) is 0 Å². The van der Waals surface area contributed by atoms with E-state index in [4.69, 9.17) is 16.7 Å². The number of aliphatic carboxylic acids is 1. The molecule has 2 N–H and O–H groups in total. The maximum Gasteiger partial charge on any atom is 0.309 e. The Kier molecular flexibility index (Phi) is 4.67. The molecule has 1 aromatic carbocycles. The van der Waals surface area contributed by atoms with Crippen molar-refractivity contribution in [1.82, 2.24) is 0 Å². The highest BCUT2D eigenvalue weighted by Gasteiger charge is 2.30. The van der Waals surface area contributed by atoms with Crippen LogP contribution >= 0.6 is 11.6 Å². The minimum absolute atomic E-state index is 0.0760. The minimum atomic E-state index is -1.24. The van der Waals surface area contributed by atoms with Gasteiger partial charge in [0.25, 0.3) is 5.69 Å². The molecule has 0 saturated carbocycles. The Labute approximate surface area is 119 Å². The summed E-state index contributed by atoms with van der Waals surface area (Å²) in [5.41, 5.74) is -1.38. The first-order chi connectivity index (χ1) is 9.13. The number of carbonyl (C=O) groups is 2. The average Bonchev–Trinajstić information content (AvgIpc) is 2.30. The molecule has 0 fully saturated rings. The molecule has 0 aromatic heterocycles. The molecule has 1 aromatic rings. The van der Waals surface area contributed by atoms with Gasteiger partial charge in [0.1, 0.15) is 0 Å². The van der Waals surface area contributed by atoms with Crippen molar-refractivity contribution in [2.24, 2.45) is 5.41 Å². The molecule has 8 heteroatoms. The first kappa shape index (κ1) is 15.9. The summed E-state index contributed by atoms with van der Waals surface area (Å²) in [6, 6.07) is 3.62. The first-order valence-corrected chi connectivity index (χ1v) is 5.98. The summed E-state index contributed by atoms with van der Waals surface area (Å²) in [6.07, 6.45) is -0.276. The van der Waals surface area contributed by atoms with Crippen molar-refractivity contribution in [3.8, 4) is 0 Å². The number of hydrogen-bond acceptors (Lipinski definition) is 4. The van der Waals surface area contributed by atoms with Crippen LogP contribution in [0.2, 0.25) is 5.02 Å². The van der Waals surface area contributed by atoms with Gasteiger partial charge in [0, 0.05) is 18.6 Å². The van der Waals surface area contributed by atoms with E-state index in [9.17, 15) is 19.7 Å². The predicted molar refractivity (Wildman–Crippen MR) is 72.8 cm³/mol. The zero-order chi connectivity index (χ0) is 15.5. The number of carboxylic acids is 1. The molecule has 0 unspecified atom stereocenters. The molecule has 1 amide bonds. The van der Waals surface area contributed by atoms with Crippen LogP contribution in [0.4, 0.5) is 11.4 Å².